The molecule has 0 fully saturated rings. The van der Waals surface area contributed by atoms with Crippen molar-refractivity contribution in [1.82, 2.24) is 4.98 Å². The van der Waals surface area contributed by atoms with Gasteiger partial charge in [0.2, 0.25) is 0 Å². The molecule has 0 aliphatic carbocycles. The zero-order valence-electron chi connectivity index (χ0n) is 7.04. The number of allylic oxidation sites excluding steroid dienone is 1. The molecule has 6 heteroatoms. The lowest BCUT2D eigenvalue weighted by molar-refractivity contribution is -0.385. The van der Waals surface area contributed by atoms with E-state index in [4.69, 9.17) is 11.6 Å². The lowest BCUT2D eigenvalue weighted by Gasteiger charge is -2.02. The van der Waals surface area contributed by atoms with Crippen LogP contribution in [-0.2, 0) is 0 Å². The van der Waals surface area contributed by atoms with Crippen molar-refractivity contribution in [3.63, 3.8) is 0 Å². The molecule has 14 heavy (non-hydrogen) atoms. The van der Waals surface area contributed by atoms with Crippen molar-refractivity contribution >= 4 is 38.8 Å². The number of alkyl halides is 1. The summed E-state index contributed by atoms with van der Waals surface area (Å²) in [5.41, 5.74) is 0.573. The van der Waals surface area contributed by atoms with E-state index >= 15 is 0 Å². The lowest BCUT2D eigenvalue weighted by Crippen LogP contribution is -1.98. The third kappa shape index (κ3) is 2.30. The van der Waals surface area contributed by atoms with E-state index in [0.29, 0.717) is 10.0 Å². The molecule has 0 amide bonds. The predicted molar refractivity (Wildman–Crippen MR) is 58.3 cm³/mol. The van der Waals surface area contributed by atoms with Gasteiger partial charge >= 0.3 is 0 Å². The summed E-state index contributed by atoms with van der Waals surface area (Å²) in [5, 5.41) is 10.7. The van der Waals surface area contributed by atoms with Gasteiger partial charge in [-0.1, -0.05) is 6.58 Å². The molecule has 1 aromatic heterocycles. The molecule has 0 atom stereocenters. The molecule has 0 spiro atoms. The molecule has 1 rings (SSSR count). The van der Waals surface area contributed by atoms with Crippen LogP contribution in [0.4, 0.5) is 5.69 Å². The van der Waals surface area contributed by atoms with E-state index in [1.54, 1.807) is 0 Å². The zero-order valence-corrected chi connectivity index (χ0v) is 9.38. The number of hydrogen-bond acceptors (Lipinski definition) is 3. The lowest BCUT2D eigenvalue weighted by atomic mass is 10.2. The molecule has 0 saturated carbocycles. The van der Waals surface area contributed by atoms with E-state index in [9.17, 15) is 10.1 Å². The van der Waals surface area contributed by atoms with Crippen molar-refractivity contribution in [1.29, 1.82) is 0 Å². The summed E-state index contributed by atoms with van der Waals surface area (Å²) in [6.07, 6.45) is 1.47. The number of halogens is 2. The Hall–Kier alpha value is -0.940. The summed E-state index contributed by atoms with van der Waals surface area (Å²) in [6.45, 7) is 3.60. The largest absolute Gasteiger partial charge is 0.296 e. The molecule has 0 radical (unpaired) electrons. The van der Waals surface area contributed by atoms with Gasteiger partial charge in [0.15, 0.2) is 0 Å². The van der Waals surface area contributed by atoms with Gasteiger partial charge in [-0.25, -0.2) is 4.98 Å². The molecule has 0 aliphatic rings. The summed E-state index contributed by atoms with van der Waals surface area (Å²) in [5.74, 6) is 0.121. The zero-order chi connectivity index (χ0) is 10.7. The SMILES string of the molecule is C=C(CCl)c1ncc(Br)cc1[N+](=O)[O-]. The molecular formula is C8H6BrClN2O2. The summed E-state index contributed by atoms with van der Waals surface area (Å²) >= 11 is 8.64. The fourth-order valence-electron chi connectivity index (χ4n) is 0.903. The first-order chi connectivity index (χ1) is 6.56. The number of pyridine rings is 1. The van der Waals surface area contributed by atoms with Crippen LogP contribution < -0.4 is 0 Å². The van der Waals surface area contributed by atoms with Crippen LogP contribution in [0.3, 0.4) is 0 Å². The van der Waals surface area contributed by atoms with Crippen LogP contribution in [0.5, 0.6) is 0 Å². The van der Waals surface area contributed by atoms with Gasteiger partial charge in [0.05, 0.1) is 4.92 Å². The first-order valence-electron chi connectivity index (χ1n) is 3.60. The molecule has 1 heterocycles. The highest BCUT2D eigenvalue weighted by molar-refractivity contribution is 9.10. The Balaban J connectivity index is 3.28. The second kappa shape index (κ2) is 4.52. The molecule has 0 aromatic carbocycles. The molecule has 0 saturated heterocycles. The molecule has 0 unspecified atom stereocenters. The van der Waals surface area contributed by atoms with Gasteiger partial charge in [0.25, 0.3) is 5.69 Å². The van der Waals surface area contributed by atoms with Crippen LogP contribution in [-0.4, -0.2) is 15.8 Å². The van der Waals surface area contributed by atoms with Crippen molar-refractivity contribution < 1.29 is 4.92 Å². The molecule has 0 aliphatic heterocycles. The van der Waals surface area contributed by atoms with E-state index in [0.717, 1.165) is 0 Å². The van der Waals surface area contributed by atoms with E-state index in [1.807, 2.05) is 0 Å². The summed E-state index contributed by atoms with van der Waals surface area (Å²) in [6, 6.07) is 1.38. The normalized spacial score (nSPS) is 9.86. The minimum absolute atomic E-state index is 0.0926. The quantitative estimate of drug-likeness (QED) is 0.485. The first-order valence-corrected chi connectivity index (χ1v) is 4.93. The third-order valence-corrected chi connectivity index (χ3v) is 2.28. The van der Waals surface area contributed by atoms with Crippen molar-refractivity contribution in [3.8, 4) is 0 Å². The summed E-state index contributed by atoms with van der Waals surface area (Å²) in [4.78, 5) is 14.0. The van der Waals surface area contributed by atoms with Gasteiger partial charge in [0.1, 0.15) is 5.69 Å². The Kier molecular flexibility index (Phi) is 3.60. The summed E-state index contributed by atoms with van der Waals surface area (Å²) in [7, 11) is 0. The van der Waals surface area contributed by atoms with Crippen molar-refractivity contribution in [2.24, 2.45) is 0 Å². The van der Waals surface area contributed by atoms with E-state index in [-0.39, 0.29) is 17.3 Å². The van der Waals surface area contributed by atoms with Crippen LogP contribution >= 0.6 is 27.5 Å². The minimum Gasteiger partial charge on any atom is -0.258 e. The molecule has 1 aromatic rings. The highest BCUT2D eigenvalue weighted by atomic mass is 79.9. The topological polar surface area (TPSA) is 56.0 Å². The van der Waals surface area contributed by atoms with Gasteiger partial charge in [0, 0.05) is 22.6 Å². The Morgan fingerprint density at radius 2 is 2.43 bits per heavy atom. The molecule has 4 nitrogen and oxygen atoms in total. The van der Waals surface area contributed by atoms with Gasteiger partial charge < -0.3 is 0 Å². The molecule has 0 bridgehead atoms. The standard InChI is InChI=1S/C8H6BrClN2O2/c1-5(3-10)8-7(12(13)14)2-6(9)4-11-8/h2,4H,1,3H2. The highest BCUT2D eigenvalue weighted by Crippen LogP contribution is 2.26. The van der Waals surface area contributed by atoms with Crippen LogP contribution in [0.25, 0.3) is 5.57 Å². The van der Waals surface area contributed by atoms with Crippen LogP contribution in [0, 0.1) is 10.1 Å². The fourth-order valence-corrected chi connectivity index (χ4v) is 1.35. The van der Waals surface area contributed by atoms with Gasteiger partial charge in [-0.15, -0.1) is 11.6 Å². The Morgan fingerprint density at radius 3 is 2.93 bits per heavy atom. The molecule has 74 valence electrons. The average molecular weight is 278 g/mol. The highest BCUT2D eigenvalue weighted by Gasteiger charge is 2.17. The number of nitro groups is 1. The van der Waals surface area contributed by atoms with Crippen LogP contribution in [0.1, 0.15) is 5.69 Å². The second-order valence-corrected chi connectivity index (χ2v) is 3.70. The number of aromatic nitrogens is 1. The maximum absolute atomic E-state index is 10.7. The minimum atomic E-state index is -0.509. The monoisotopic (exact) mass is 276 g/mol. The van der Waals surface area contributed by atoms with Crippen molar-refractivity contribution in [2.75, 3.05) is 5.88 Å². The fraction of sp³-hybridized carbons (Fsp3) is 0.125. The van der Waals surface area contributed by atoms with Crippen LogP contribution in [0.2, 0.25) is 0 Å². The molecule has 0 N–H and O–H groups in total. The van der Waals surface area contributed by atoms with E-state index in [2.05, 4.69) is 27.5 Å². The Morgan fingerprint density at radius 1 is 1.79 bits per heavy atom. The third-order valence-electron chi connectivity index (χ3n) is 1.53. The maximum atomic E-state index is 10.7. The smallest absolute Gasteiger partial charge is 0.258 e. The van der Waals surface area contributed by atoms with Gasteiger partial charge in [-0.05, 0) is 21.5 Å². The van der Waals surface area contributed by atoms with E-state index < -0.39 is 4.92 Å². The Labute approximate surface area is 93.9 Å². The predicted octanol–water partition coefficient (Wildman–Crippen LogP) is 3.00. The number of rotatable bonds is 3. The second-order valence-electron chi connectivity index (χ2n) is 2.52. The van der Waals surface area contributed by atoms with Gasteiger partial charge in [-0.2, -0.15) is 0 Å². The van der Waals surface area contributed by atoms with Gasteiger partial charge in [-0.3, -0.25) is 10.1 Å². The van der Waals surface area contributed by atoms with Crippen molar-refractivity contribution in [2.45, 2.75) is 0 Å². The number of nitrogens with zero attached hydrogens (tertiary/aromatic N) is 2. The number of hydrogen-bond donors (Lipinski definition) is 0. The average Bonchev–Trinajstić information content (AvgIpc) is 2.16. The molecular weight excluding hydrogens is 271 g/mol. The van der Waals surface area contributed by atoms with E-state index in [1.165, 1.54) is 12.3 Å². The van der Waals surface area contributed by atoms with Crippen molar-refractivity contribution in [3.05, 3.63) is 39.1 Å². The van der Waals surface area contributed by atoms with Crippen LogP contribution in [0.15, 0.2) is 23.3 Å². The first kappa shape index (κ1) is 11.1. The Bertz CT molecular complexity index is 395. The maximum Gasteiger partial charge on any atom is 0.296 e. The summed E-state index contributed by atoms with van der Waals surface area (Å²) < 4.78 is 0.551.